The molecule has 0 rings (SSSR count). The molecule has 0 fully saturated rings. The molecule has 4 heteroatoms. The monoisotopic (exact) mass is 188 g/mol. The van der Waals surface area contributed by atoms with Crippen molar-refractivity contribution in [1.29, 1.82) is 0 Å². The minimum atomic E-state index is -1.09. The Bertz CT molecular complexity index is 176. The molecule has 0 saturated carbocycles. The third-order valence-electron chi connectivity index (χ3n) is 1.72. The molecule has 76 valence electrons. The summed E-state index contributed by atoms with van der Waals surface area (Å²) in [5.74, 6) is -2.70. The first-order valence-electron chi connectivity index (χ1n) is 4.52. The lowest BCUT2D eigenvalue weighted by Gasteiger charge is -2.09. The highest BCUT2D eigenvalue weighted by Gasteiger charge is 2.26. The van der Waals surface area contributed by atoms with Crippen LogP contribution in [-0.2, 0) is 14.3 Å². The van der Waals surface area contributed by atoms with Crippen LogP contribution in [0, 0.1) is 5.92 Å². The van der Waals surface area contributed by atoms with Gasteiger partial charge in [-0.15, -0.1) is 0 Å². The Balaban J connectivity index is 4.07. The van der Waals surface area contributed by atoms with Gasteiger partial charge in [-0.05, 0) is 13.3 Å². The summed E-state index contributed by atoms with van der Waals surface area (Å²) in [7, 11) is 0. The molecular weight excluding hydrogens is 172 g/mol. The Labute approximate surface area is 77.9 Å². The van der Waals surface area contributed by atoms with Crippen molar-refractivity contribution in [3.05, 3.63) is 0 Å². The zero-order valence-electron chi connectivity index (χ0n) is 8.08. The molecule has 1 N–H and O–H groups in total. The summed E-state index contributed by atoms with van der Waals surface area (Å²) >= 11 is 0. The van der Waals surface area contributed by atoms with Crippen molar-refractivity contribution in [3.63, 3.8) is 0 Å². The van der Waals surface area contributed by atoms with Gasteiger partial charge in [-0.2, -0.15) is 0 Å². The minimum Gasteiger partial charge on any atom is -0.481 e. The average molecular weight is 188 g/mol. The molecule has 1 atom stereocenters. The van der Waals surface area contributed by atoms with Crippen LogP contribution in [0.1, 0.15) is 33.1 Å². The number of unbranched alkanes of at least 4 members (excludes halogenated alkanes) is 1. The summed E-state index contributed by atoms with van der Waals surface area (Å²) in [6.45, 7) is 3.84. The maximum absolute atomic E-state index is 11.1. The Morgan fingerprint density at radius 3 is 2.38 bits per heavy atom. The van der Waals surface area contributed by atoms with E-state index in [-0.39, 0.29) is 6.61 Å². The van der Waals surface area contributed by atoms with E-state index in [2.05, 4.69) is 4.74 Å². The fourth-order valence-corrected chi connectivity index (χ4v) is 0.993. The summed E-state index contributed by atoms with van der Waals surface area (Å²) in [6, 6.07) is 0. The molecule has 0 amide bonds. The third kappa shape index (κ3) is 4.50. The van der Waals surface area contributed by atoms with Crippen LogP contribution in [0.2, 0.25) is 0 Å². The van der Waals surface area contributed by atoms with Crippen LogP contribution >= 0.6 is 0 Å². The van der Waals surface area contributed by atoms with E-state index >= 15 is 0 Å². The number of rotatable bonds is 6. The van der Waals surface area contributed by atoms with Crippen LogP contribution in [0.25, 0.3) is 0 Å². The number of hydrogen-bond acceptors (Lipinski definition) is 3. The summed E-state index contributed by atoms with van der Waals surface area (Å²) in [5, 5.41) is 8.70. The standard InChI is InChI=1S/C9H16O4/c1-3-5-6-7(8(10)11)9(12)13-4-2/h7H,3-6H2,1-2H3,(H,10,11). The first kappa shape index (κ1) is 11.9. The number of aliphatic carboxylic acids is 1. The van der Waals surface area contributed by atoms with Crippen LogP contribution in [0.3, 0.4) is 0 Å². The van der Waals surface area contributed by atoms with E-state index in [1.807, 2.05) is 6.92 Å². The fraction of sp³-hybridized carbons (Fsp3) is 0.778. The highest BCUT2D eigenvalue weighted by molar-refractivity contribution is 5.93. The summed E-state index contributed by atoms with van der Waals surface area (Å²) in [5.41, 5.74) is 0. The highest BCUT2D eigenvalue weighted by Crippen LogP contribution is 2.10. The Hall–Kier alpha value is -1.06. The van der Waals surface area contributed by atoms with Gasteiger partial charge >= 0.3 is 11.9 Å². The molecule has 0 heterocycles. The molecule has 0 spiro atoms. The van der Waals surface area contributed by atoms with Crippen molar-refractivity contribution in [2.75, 3.05) is 6.61 Å². The average Bonchev–Trinajstić information content (AvgIpc) is 2.05. The van der Waals surface area contributed by atoms with Crippen molar-refractivity contribution in [1.82, 2.24) is 0 Å². The lowest BCUT2D eigenvalue weighted by molar-refractivity contribution is -0.158. The lowest BCUT2D eigenvalue weighted by atomic mass is 10.0. The first-order chi connectivity index (χ1) is 6.13. The highest BCUT2D eigenvalue weighted by atomic mass is 16.5. The molecule has 0 aliphatic heterocycles. The van der Waals surface area contributed by atoms with E-state index in [4.69, 9.17) is 5.11 Å². The number of hydrogen-bond donors (Lipinski definition) is 1. The zero-order valence-corrected chi connectivity index (χ0v) is 8.08. The van der Waals surface area contributed by atoms with Gasteiger partial charge in [-0.1, -0.05) is 19.8 Å². The summed E-state index contributed by atoms with van der Waals surface area (Å²) in [4.78, 5) is 21.7. The number of carbonyl (C=O) groups is 2. The summed E-state index contributed by atoms with van der Waals surface area (Å²) < 4.78 is 4.64. The van der Waals surface area contributed by atoms with Crippen LogP contribution in [-0.4, -0.2) is 23.7 Å². The number of ether oxygens (including phenoxy) is 1. The van der Waals surface area contributed by atoms with Gasteiger partial charge in [0.05, 0.1) is 6.61 Å². The molecule has 13 heavy (non-hydrogen) atoms. The Kier molecular flexibility index (Phi) is 5.93. The van der Waals surface area contributed by atoms with E-state index in [1.165, 1.54) is 0 Å². The second kappa shape index (κ2) is 6.46. The van der Waals surface area contributed by atoms with Gasteiger partial charge in [0.15, 0.2) is 5.92 Å². The fourth-order valence-electron chi connectivity index (χ4n) is 0.993. The smallest absolute Gasteiger partial charge is 0.320 e. The largest absolute Gasteiger partial charge is 0.481 e. The van der Waals surface area contributed by atoms with Gasteiger partial charge in [0, 0.05) is 0 Å². The molecule has 0 bridgehead atoms. The second-order valence-electron chi connectivity index (χ2n) is 2.79. The second-order valence-corrected chi connectivity index (χ2v) is 2.79. The summed E-state index contributed by atoms with van der Waals surface area (Å²) in [6.07, 6.45) is 1.98. The number of carbonyl (C=O) groups excluding carboxylic acids is 1. The number of esters is 1. The van der Waals surface area contributed by atoms with Gasteiger partial charge in [0.25, 0.3) is 0 Å². The van der Waals surface area contributed by atoms with Crippen molar-refractivity contribution >= 4 is 11.9 Å². The predicted molar refractivity (Wildman–Crippen MR) is 47.3 cm³/mol. The van der Waals surface area contributed by atoms with Crippen molar-refractivity contribution in [2.45, 2.75) is 33.1 Å². The van der Waals surface area contributed by atoms with Crippen LogP contribution < -0.4 is 0 Å². The molecule has 0 aromatic rings. The number of carboxylic acid groups (broad SMARTS) is 1. The molecule has 0 aliphatic rings. The van der Waals surface area contributed by atoms with Gasteiger partial charge in [-0.3, -0.25) is 9.59 Å². The number of carboxylic acids is 1. The Morgan fingerprint density at radius 1 is 1.38 bits per heavy atom. The van der Waals surface area contributed by atoms with Crippen LogP contribution in [0.5, 0.6) is 0 Å². The van der Waals surface area contributed by atoms with Crippen molar-refractivity contribution in [3.8, 4) is 0 Å². The topological polar surface area (TPSA) is 63.6 Å². The molecule has 0 aromatic carbocycles. The predicted octanol–water partition coefficient (Wildman–Crippen LogP) is 1.44. The van der Waals surface area contributed by atoms with Crippen LogP contribution in [0.15, 0.2) is 0 Å². The van der Waals surface area contributed by atoms with Gasteiger partial charge in [0.2, 0.25) is 0 Å². The van der Waals surface area contributed by atoms with E-state index in [0.717, 1.165) is 12.8 Å². The molecule has 4 nitrogen and oxygen atoms in total. The molecular formula is C9H16O4. The van der Waals surface area contributed by atoms with Gasteiger partial charge in [-0.25, -0.2) is 0 Å². The SMILES string of the molecule is CCCCC(C(=O)O)C(=O)OCC. The zero-order chi connectivity index (χ0) is 10.3. The van der Waals surface area contributed by atoms with E-state index in [1.54, 1.807) is 6.92 Å². The van der Waals surface area contributed by atoms with E-state index in [0.29, 0.717) is 6.42 Å². The lowest BCUT2D eigenvalue weighted by Crippen LogP contribution is -2.25. The molecule has 0 saturated heterocycles. The molecule has 0 aromatic heterocycles. The van der Waals surface area contributed by atoms with Gasteiger partial charge in [0.1, 0.15) is 0 Å². The molecule has 1 unspecified atom stereocenters. The minimum absolute atomic E-state index is 0.231. The maximum Gasteiger partial charge on any atom is 0.320 e. The normalized spacial score (nSPS) is 12.2. The molecule has 0 aliphatic carbocycles. The first-order valence-corrected chi connectivity index (χ1v) is 4.52. The molecule has 0 radical (unpaired) electrons. The van der Waals surface area contributed by atoms with Crippen molar-refractivity contribution in [2.24, 2.45) is 5.92 Å². The quantitative estimate of drug-likeness (QED) is 0.506. The van der Waals surface area contributed by atoms with E-state index < -0.39 is 17.9 Å². The van der Waals surface area contributed by atoms with Gasteiger partial charge < -0.3 is 9.84 Å². The van der Waals surface area contributed by atoms with Crippen LogP contribution in [0.4, 0.5) is 0 Å². The van der Waals surface area contributed by atoms with E-state index in [9.17, 15) is 9.59 Å². The maximum atomic E-state index is 11.1. The Morgan fingerprint density at radius 2 is 2.00 bits per heavy atom. The third-order valence-corrected chi connectivity index (χ3v) is 1.72. The van der Waals surface area contributed by atoms with Crippen molar-refractivity contribution < 1.29 is 19.4 Å².